The van der Waals surface area contributed by atoms with Crippen LogP contribution in [0, 0.1) is 0 Å². The van der Waals surface area contributed by atoms with Gasteiger partial charge in [0.25, 0.3) is 0 Å². The number of hydrogen-bond donors (Lipinski definition) is 0. The van der Waals surface area contributed by atoms with Crippen molar-refractivity contribution < 1.29 is 27.7 Å². The van der Waals surface area contributed by atoms with Gasteiger partial charge in [0, 0.05) is 0 Å². The summed E-state index contributed by atoms with van der Waals surface area (Å²) in [4.78, 5) is 10.9. The SMILES string of the molecule is CCCCCC(=O)[O][Ti][CH2]C. The first-order valence-electron chi connectivity index (χ1n) is 4.23. The van der Waals surface area contributed by atoms with Gasteiger partial charge in [-0.15, -0.1) is 0 Å². The molecule has 0 atom stereocenters. The molecule has 0 spiro atoms. The van der Waals surface area contributed by atoms with Crippen LogP contribution in [0.4, 0.5) is 0 Å². The second-order valence-electron chi connectivity index (χ2n) is 2.43. The van der Waals surface area contributed by atoms with Crippen molar-refractivity contribution in [3.05, 3.63) is 0 Å². The standard InChI is InChI=1S/C6H12O2.C2H5.Ti/c1-2-3-4-5-6(7)8;1-2;/h2-5H2,1H3,(H,7,8);1H2,2H3;/q;;+1/p-1. The zero-order chi connectivity index (χ0) is 8.53. The fourth-order valence-electron chi connectivity index (χ4n) is 0.723. The average molecular weight is 192 g/mol. The molecule has 0 aromatic carbocycles. The Bertz CT molecular complexity index is 104. The van der Waals surface area contributed by atoms with E-state index in [0.29, 0.717) is 6.42 Å². The van der Waals surface area contributed by atoms with E-state index in [0.717, 1.165) is 24.0 Å². The number of unbranched alkanes of at least 4 members (excludes halogenated alkanes) is 2. The summed E-state index contributed by atoms with van der Waals surface area (Å²) in [6, 6.07) is 0. The predicted molar refractivity (Wildman–Crippen MR) is 40.7 cm³/mol. The van der Waals surface area contributed by atoms with E-state index in [2.05, 4.69) is 13.8 Å². The number of carbonyl (C=O) groups excluding carboxylic acids is 1. The fourth-order valence-corrected chi connectivity index (χ4v) is 1.36. The third kappa shape index (κ3) is 8.09. The van der Waals surface area contributed by atoms with Crippen LogP contribution >= 0.6 is 0 Å². The number of rotatable bonds is 6. The van der Waals surface area contributed by atoms with Gasteiger partial charge in [-0.25, -0.2) is 0 Å². The van der Waals surface area contributed by atoms with Gasteiger partial charge in [-0.3, -0.25) is 0 Å². The maximum atomic E-state index is 10.9. The van der Waals surface area contributed by atoms with Crippen molar-refractivity contribution in [2.75, 3.05) is 0 Å². The van der Waals surface area contributed by atoms with Gasteiger partial charge in [0.2, 0.25) is 0 Å². The predicted octanol–water partition coefficient (Wildman–Crippen LogP) is 2.55. The van der Waals surface area contributed by atoms with E-state index >= 15 is 0 Å². The van der Waals surface area contributed by atoms with Crippen LogP contribution in [-0.2, 0) is 27.7 Å². The van der Waals surface area contributed by atoms with Crippen LogP contribution in [0.5, 0.6) is 0 Å². The van der Waals surface area contributed by atoms with E-state index in [1.807, 2.05) is 0 Å². The van der Waals surface area contributed by atoms with Crippen molar-refractivity contribution in [3.63, 3.8) is 0 Å². The van der Waals surface area contributed by atoms with E-state index in [4.69, 9.17) is 3.32 Å². The van der Waals surface area contributed by atoms with Crippen LogP contribution in [0.1, 0.15) is 39.5 Å². The second kappa shape index (κ2) is 8.28. The van der Waals surface area contributed by atoms with Crippen LogP contribution in [0.3, 0.4) is 0 Å². The van der Waals surface area contributed by atoms with Gasteiger partial charge in [-0.05, 0) is 0 Å². The van der Waals surface area contributed by atoms with Gasteiger partial charge < -0.3 is 0 Å². The summed E-state index contributed by atoms with van der Waals surface area (Å²) < 4.78 is 6.06. The van der Waals surface area contributed by atoms with Crippen molar-refractivity contribution >= 4 is 5.97 Å². The van der Waals surface area contributed by atoms with E-state index < -0.39 is 19.5 Å². The van der Waals surface area contributed by atoms with E-state index in [9.17, 15) is 4.79 Å². The Morgan fingerprint density at radius 3 is 2.64 bits per heavy atom. The first-order chi connectivity index (χ1) is 5.31. The van der Waals surface area contributed by atoms with Gasteiger partial charge in [-0.1, -0.05) is 0 Å². The Labute approximate surface area is 78.1 Å². The van der Waals surface area contributed by atoms with Crippen molar-refractivity contribution in [3.8, 4) is 0 Å². The first kappa shape index (κ1) is 11.2. The van der Waals surface area contributed by atoms with Gasteiger partial charge in [-0.2, -0.15) is 0 Å². The molecular weight excluding hydrogens is 176 g/mol. The molecule has 0 saturated carbocycles. The zero-order valence-electron chi connectivity index (χ0n) is 7.35. The summed E-state index contributed by atoms with van der Waals surface area (Å²) in [6.45, 7) is 4.19. The molecule has 0 amide bonds. The number of carbonyl (C=O) groups is 1. The van der Waals surface area contributed by atoms with Crippen molar-refractivity contribution in [2.24, 2.45) is 0 Å². The third-order valence-corrected chi connectivity index (χ3v) is 2.35. The molecule has 0 heterocycles. The molecule has 0 aromatic rings. The second-order valence-corrected chi connectivity index (χ2v) is 4.30. The van der Waals surface area contributed by atoms with E-state index in [1.165, 1.54) is 0 Å². The van der Waals surface area contributed by atoms with Gasteiger partial charge in [0.05, 0.1) is 0 Å². The molecule has 11 heavy (non-hydrogen) atoms. The molecule has 3 heteroatoms. The maximum absolute atomic E-state index is 10.9. The molecule has 0 aromatic heterocycles. The van der Waals surface area contributed by atoms with Crippen LogP contribution < -0.4 is 0 Å². The Morgan fingerprint density at radius 1 is 1.36 bits per heavy atom. The van der Waals surface area contributed by atoms with Crippen molar-refractivity contribution in [2.45, 2.75) is 44.3 Å². The molecule has 2 nitrogen and oxygen atoms in total. The molecule has 0 radical (unpaired) electrons. The minimum absolute atomic E-state index is 0.0142. The van der Waals surface area contributed by atoms with Crippen LogP contribution in [0.15, 0.2) is 0 Å². The first-order valence-corrected chi connectivity index (χ1v) is 5.98. The van der Waals surface area contributed by atoms with E-state index in [-0.39, 0.29) is 5.97 Å². The molecule has 0 aliphatic rings. The molecule has 64 valence electrons. The molecule has 0 rings (SSSR count). The number of hydrogen-bond acceptors (Lipinski definition) is 2. The summed E-state index contributed by atoms with van der Waals surface area (Å²) in [7, 11) is 0. The molecule has 0 bridgehead atoms. The van der Waals surface area contributed by atoms with Crippen LogP contribution in [-0.4, -0.2) is 5.97 Å². The summed E-state index contributed by atoms with van der Waals surface area (Å²) in [6.07, 6.45) is 3.92. The monoisotopic (exact) mass is 192 g/mol. The third-order valence-electron chi connectivity index (χ3n) is 1.31. The van der Waals surface area contributed by atoms with E-state index in [1.54, 1.807) is 0 Å². The van der Waals surface area contributed by atoms with Crippen molar-refractivity contribution in [1.82, 2.24) is 0 Å². The average Bonchev–Trinajstić information content (AvgIpc) is 2.01. The summed E-state index contributed by atoms with van der Waals surface area (Å²) in [5.41, 5.74) is 0. The molecule has 0 unspecified atom stereocenters. The summed E-state index contributed by atoms with van der Waals surface area (Å²) >= 11 is -0.401. The Morgan fingerprint density at radius 2 is 2.09 bits per heavy atom. The van der Waals surface area contributed by atoms with Gasteiger partial charge >= 0.3 is 77.9 Å². The molecule has 0 fully saturated rings. The van der Waals surface area contributed by atoms with Crippen molar-refractivity contribution in [1.29, 1.82) is 0 Å². The van der Waals surface area contributed by atoms with Gasteiger partial charge in [0.15, 0.2) is 0 Å². The Hall–Kier alpha value is 0.184. The normalized spacial score (nSPS) is 9.27. The van der Waals surface area contributed by atoms with Crippen LogP contribution in [0.25, 0.3) is 0 Å². The fraction of sp³-hybridized carbons (Fsp3) is 0.875. The molecule has 0 saturated heterocycles. The topological polar surface area (TPSA) is 26.3 Å². The summed E-state index contributed by atoms with van der Waals surface area (Å²) in [5.74, 6) is 0.0142. The minimum atomic E-state index is -0.401. The molecule has 0 aliphatic heterocycles. The summed E-state index contributed by atoms with van der Waals surface area (Å²) in [5, 5.41) is 0. The Kier molecular flexibility index (Phi) is 8.42. The van der Waals surface area contributed by atoms with Crippen LogP contribution in [0.2, 0.25) is 4.73 Å². The van der Waals surface area contributed by atoms with Gasteiger partial charge in [0.1, 0.15) is 0 Å². The Balaban J connectivity index is 3.09. The molecular formula is C8H16O2Ti. The quantitative estimate of drug-likeness (QED) is 0.477. The molecule has 0 N–H and O–H groups in total. The zero-order valence-corrected chi connectivity index (χ0v) is 8.91. The molecule has 0 aliphatic carbocycles.